The molecule has 0 amide bonds. The van der Waals surface area contributed by atoms with Gasteiger partial charge in [0.05, 0.1) is 13.0 Å². The van der Waals surface area contributed by atoms with Crippen LogP contribution < -0.4 is 4.74 Å². The number of ether oxygens (including phenoxy) is 1. The first-order valence-electron chi connectivity index (χ1n) is 5.69. The van der Waals surface area contributed by atoms with Gasteiger partial charge in [0.1, 0.15) is 11.6 Å². The van der Waals surface area contributed by atoms with Crippen LogP contribution >= 0.6 is 0 Å². The van der Waals surface area contributed by atoms with Gasteiger partial charge in [0.25, 0.3) is 0 Å². The molecule has 2 rings (SSSR count). The van der Waals surface area contributed by atoms with Gasteiger partial charge < -0.3 is 9.84 Å². The van der Waals surface area contributed by atoms with E-state index >= 15 is 0 Å². The van der Waals surface area contributed by atoms with E-state index in [4.69, 9.17) is 4.74 Å². The average Bonchev–Trinajstić information content (AvgIpc) is 2.23. The predicted octanol–water partition coefficient (Wildman–Crippen LogP) is 2.80. The highest BCUT2D eigenvalue weighted by atomic mass is 19.1. The smallest absolute Gasteiger partial charge is 0.311 e. The van der Waals surface area contributed by atoms with Crippen molar-refractivity contribution >= 4 is 5.97 Å². The zero-order valence-corrected chi connectivity index (χ0v) is 9.65. The molecule has 1 unspecified atom stereocenters. The van der Waals surface area contributed by atoms with Crippen LogP contribution in [0.5, 0.6) is 5.75 Å². The number of aliphatic carboxylic acids is 1. The summed E-state index contributed by atoms with van der Waals surface area (Å²) in [7, 11) is 1.45. The lowest BCUT2D eigenvalue weighted by atomic mass is 9.73. The van der Waals surface area contributed by atoms with Crippen LogP contribution in [0.4, 0.5) is 4.39 Å². The fourth-order valence-electron chi connectivity index (χ4n) is 2.25. The molecule has 1 fully saturated rings. The van der Waals surface area contributed by atoms with Crippen LogP contribution in [0.1, 0.15) is 30.7 Å². The van der Waals surface area contributed by atoms with Crippen molar-refractivity contribution in [2.45, 2.75) is 25.2 Å². The zero-order chi connectivity index (χ0) is 12.4. The maximum atomic E-state index is 13.8. The summed E-state index contributed by atoms with van der Waals surface area (Å²) in [6.45, 7) is 0. The van der Waals surface area contributed by atoms with Crippen molar-refractivity contribution < 1.29 is 19.0 Å². The summed E-state index contributed by atoms with van der Waals surface area (Å²) in [5.41, 5.74) is 0.267. The van der Waals surface area contributed by atoms with Crippen molar-refractivity contribution in [1.29, 1.82) is 0 Å². The third-order valence-corrected chi connectivity index (χ3v) is 3.43. The van der Waals surface area contributed by atoms with Crippen LogP contribution in [0.2, 0.25) is 0 Å². The second-order valence-corrected chi connectivity index (χ2v) is 4.39. The maximum Gasteiger partial charge on any atom is 0.311 e. The van der Waals surface area contributed by atoms with Crippen molar-refractivity contribution in [3.8, 4) is 5.75 Å². The summed E-state index contributed by atoms with van der Waals surface area (Å²) in [5.74, 6) is -1.70. The number of methoxy groups -OCH3 is 1. The Balaban J connectivity index is 2.32. The van der Waals surface area contributed by atoms with E-state index in [-0.39, 0.29) is 11.5 Å². The molecule has 1 N–H and O–H groups in total. The molecular weight excluding hydrogens is 223 g/mol. The van der Waals surface area contributed by atoms with E-state index in [0.29, 0.717) is 5.75 Å². The summed E-state index contributed by atoms with van der Waals surface area (Å²) >= 11 is 0. The first-order chi connectivity index (χ1) is 8.13. The molecule has 3 nitrogen and oxygen atoms in total. The van der Waals surface area contributed by atoms with Crippen LogP contribution in [0.3, 0.4) is 0 Å². The Hall–Kier alpha value is -1.58. The first-order valence-corrected chi connectivity index (χ1v) is 5.69. The van der Waals surface area contributed by atoms with Gasteiger partial charge in [-0.05, 0) is 24.8 Å². The van der Waals surface area contributed by atoms with Crippen LogP contribution in [-0.4, -0.2) is 18.2 Å². The Morgan fingerprint density at radius 1 is 1.53 bits per heavy atom. The summed E-state index contributed by atoms with van der Waals surface area (Å²) in [6, 6.07) is 4.36. The number of hydrogen-bond donors (Lipinski definition) is 1. The van der Waals surface area contributed by atoms with Crippen molar-refractivity contribution in [1.82, 2.24) is 0 Å². The summed E-state index contributed by atoms with van der Waals surface area (Å²) in [5, 5.41) is 9.22. The topological polar surface area (TPSA) is 46.5 Å². The molecule has 1 aromatic carbocycles. The van der Waals surface area contributed by atoms with E-state index < -0.39 is 17.7 Å². The lowest BCUT2D eigenvalue weighted by Crippen LogP contribution is -2.27. The molecule has 1 atom stereocenters. The highest BCUT2D eigenvalue weighted by molar-refractivity contribution is 5.76. The number of hydrogen-bond acceptors (Lipinski definition) is 2. The van der Waals surface area contributed by atoms with Gasteiger partial charge in [-0.1, -0.05) is 12.5 Å². The molecule has 17 heavy (non-hydrogen) atoms. The maximum absolute atomic E-state index is 13.8. The van der Waals surface area contributed by atoms with E-state index in [9.17, 15) is 14.3 Å². The number of rotatable bonds is 4. The molecule has 4 heteroatoms. The van der Waals surface area contributed by atoms with Crippen LogP contribution in [0, 0.1) is 11.7 Å². The lowest BCUT2D eigenvalue weighted by molar-refractivity contribution is -0.141. The molecule has 0 bridgehead atoms. The number of benzene rings is 1. The number of carbonyl (C=O) groups is 1. The first kappa shape index (κ1) is 11.9. The minimum atomic E-state index is -0.946. The van der Waals surface area contributed by atoms with Gasteiger partial charge in [-0.15, -0.1) is 0 Å². The largest absolute Gasteiger partial charge is 0.497 e. The van der Waals surface area contributed by atoms with E-state index in [0.717, 1.165) is 19.3 Å². The van der Waals surface area contributed by atoms with Crippen molar-refractivity contribution in [2.24, 2.45) is 5.92 Å². The molecule has 92 valence electrons. The van der Waals surface area contributed by atoms with Gasteiger partial charge >= 0.3 is 5.97 Å². The highest BCUT2D eigenvalue weighted by Crippen LogP contribution is 2.40. The number of halogens is 1. The Morgan fingerprint density at radius 2 is 2.24 bits per heavy atom. The minimum absolute atomic E-state index is 0.0652. The molecule has 1 aliphatic carbocycles. The Bertz CT molecular complexity index is 427. The van der Waals surface area contributed by atoms with Gasteiger partial charge in [0.15, 0.2) is 0 Å². The fraction of sp³-hybridized carbons (Fsp3) is 0.462. The molecule has 1 saturated carbocycles. The molecule has 1 aromatic rings. The summed E-state index contributed by atoms with van der Waals surface area (Å²) in [6.07, 6.45) is 2.76. The average molecular weight is 238 g/mol. The predicted molar refractivity (Wildman–Crippen MR) is 60.7 cm³/mol. The normalized spacial score (nSPS) is 17.3. The molecule has 0 heterocycles. The minimum Gasteiger partial charge on any atom is -0.497 e. The van der Waals surface area contributed by atoms with Gasteiger partial charge in [0.2, 0.25) is 0 Å². The van der Waals surface area contributed by atoms with E-state index in [1.54, 1.807) is 6.07 Å². The lowest BCUT2D eigenvalue weighted by Gasteiger charge is -2.31. The van der Waals surface area contributed by atoms with Gasteiger partial charge in [-0.2, -0.15) is 0 Å². The summed E-state index contributed by atoms with van der Waals surface area (Å²) < 4.78 is 18.7. The molecular formula is C13H15FO3. The quantitative estimate of drug-likeness (QED) is 0.877. The molecule has 0 radical (unpaired) electrons. The van der Waals surface area contributed by atoms with E-state index in [2.05, 4.69) is 0 Å². The Labute approximate surface area is 99.2 Å². The molecule has 0 aromatic heterocycles. The van der Waals surface area contributed by atoms with Crippen molar-refractivity contribution in [3.05, 3.63) is 29.6 Å². The van der Waals surface area contributed by atoms with Crippen LogP contribution in [0.15, 0.2) is 18.2 Å². The Morgan fingerprint density at radius 3 is 2.65 bits per heavy atom. The Kier molecular flexibility index (Phi) is 3.31. The van der Waals surface area contributed by atoms with Gasteiger partial charge in [0, 0.05) is 11.6 Å². The van der Waals surface area contributed by atoms with E-state index in [1.807, 2.05) is 0 Å². The van der Waals surface area contributed by atoms with Gasteiger partial charge in [-0.3, -0.25) is 4.79 Å². The monoisotopic (exact) mass is 238 g/mol. The van der Waals surface area contributed by atoms with Crippen molar-refractivity contribution in [3.63, 3.8) is 0 Å². The van der Waals surface area contributed by atoms with E-state index in [1.165, 1.54) is 19.2 Å². The molecule has 1 aliphatic rings. The molecule has 0 spiro atoms. The van der Waals surface area contributed by atoms with Crippen LogP contribution in [-0.2, 0) is 4.79 Å². The summed E-state index contributed by atoms with van der Waals surface area (Å²) in [4.78, 5) is 11.2. The number of carboxylic acids is 1. The second kappa shape index (κ2) is 4.73. The van der Waals surface area contributed by atoms with Crippen molar-refractivity contribution in [2.75, 3.05) is 7.11 Å². The molecule has 0 saturated heterocycles. The highest BCUT2D eigenvalue weighted by Gasteiger charge is 2.35. The second-order valence-electron chi connectivity index (χ2n) is 4.39. The third kappa shape index (κ3) is 2.25. The fourth-order valence-corrected chi connectivity index (χ4v) is 2.25. The SMILES string of the molecule is COc1ccc(C(C(=O)O)C2CCC2)c(F)c1. The zero-order valence-electron chi connectivity index (χ0n) is 9.65. The third-order valence-electron chi connectivity index (χ3n) is 3.43. The van der Waals surface area contributed by atoms with Crippen LogP contribution in [0.25, 0.3) is 0 Å². The standard InChI is InChI=1S/C13H15FO3/c1-17-9-5-6-10(11(14)7-9)12(13(15)16)8-3-2-4-8/h5-8,12H,2-4H2,1H3,(H,15,16). The number of carboxylic acid groups (broad SMARTS) is 1. The molecule has 0 aliphatic heterocycles. The van der Waals surface area contributed by atoms with Gasteiger partial charge in [-0.25, -0.2) is 4.39 Å².